The van der Waals surface area contributed by atoms with E-state index >= 15 is 0 Å². The molecule has 0 fully saturated rings. The van der Waals surface area contributed by atoms with Crippen molar-refractivity contribution in [3.63, 3.8) is 0 Å². The SMILES string of the molecule is C[C@@H](OC(=O)Cc1ccsc1)C(=O)c1ccc(NS(C)(=O)=O)cc1. The number of hydrogen-bond acceptors (Lipinski definition) is 6. The first-order valence-electron chi connectivity index (χ1n) is 7.07. The summed E-state index contributed by atoms with van der Waals surface area (Å²) >= 11 is 1.49. The van der Waals surface area contributed by atoms with Gasteiger partial charge >= 0.3 is 5.97 Å². The van der Waals surface area contributed by atoms with Crippen LogP contribution in [-0.4, -0.2) is 32.5 Å². The first kappa shape index (κ1) is 18.2. The molecule has 0 aliphatic heterocycles. The summed E-state index contributed by atoms with van der Waals surface area (Å²) in [5.41, 5.74) is 1.54. The lowest BCUT2D eigenvalue weighted by Crippen LogP contribution is -2.25. The molecule has 0 unspecified atom stereocenters. The van der Waals surface area contributed by atoms with Gasteiger partial charge in [-0.2, -0.15) is 11.3 Å². The average Bonchev–Trinajstić information content (AvgIpc) is 2.98. The number of esters is 1. The van der Waals surface area contributed by atoms with Crippen molar-refractivity contribution in [1.29, 1.82) is 0 Å². The third kappa shape index (κ3) is 5.47. The van der Waals surface area contributed by atoms with Gasteiger partial charge in [0.2, 0.25) is 15.8 Å². The lowest BCUT2D eigenvalue weighted by Gasteiger charge is -2.12. The fraction of sp³-hybridized carbons (Fsp3) is 0.250. The average molecular weight is 367 g/mol. The number of anilines is 1. The third-order valence-corrected chi connectivity index (χ3v) is 4.42. The van der Waals surface area contributed by atoms with E-state index < -0.39 is 22.1 Å². The second-order valence-electron chi connectivity index (χ2n) is 5.26. The normalized spacial score (nSPS) is 12.4. The van der Waals surface area contributed by atoms with Crippen molar-refractivity contribution < 1.29 is 22.7 Å². The van der Waals surface area contributed by atoms with Crippen LogP contribution in [0.15, 0.2) is 41.1 Å². The van der Waals surface area contributed by atoms with Gasteiger partial charge in [-0.3, -0.25) is 14.3 Å². The fourth-order valence-corrected chi connectivity index (χ4v) is 3.24. The Morgan fingerprint density at radius 3 is 2.42 bits per heavy atom. The molecule has 1 aromatic carbocycles. The highest BCUT2D eigenvalue weighted by molar-refractivity contribution is 7.92. The number of carbonyl (C=O) groups is 2. The van der Waals surface area contributed by atoms with Gasteiger partial charge in [0.05, 0.1) is 12.7 Å². The van der Waals surface area contributed by atoms with Crippen LogP contribution in [0.3, 0.4) is 0 Å². The van der Waals surface area contributed by atoms with E-state index in [1.165, 1.54) is 42.5 Å². The second-order valence-corrected chi connectivity index (χ2v) is 7.78. The van der Waals surface area contributed by atoms with Crippen molar-refractivity contribution in [3.05, 3.63) is 52.2 Å². The van der Waals surface area contributed by atoms with Crippen LogP contribution in [0.5, 0.6) is 0 Å². The summed E-state index contributed by atoms with van der Waals surface area (Å²) in [6.07, 6.45) is 0.254. The van der Waals surface area contributed by atoms with E-state index in [0.29, 0.717) is 11.3 Å². The Labute approximate surface area is 144 Å². The molecule has 0 spiro atoms. The predicted molar refractivity (Wildman–Crippen MR) is 92.8 cm³/mol. The van der Waals surface area contributed by atoms with Gasteiger partial charge in [0, 0.05) is 11.3 Å². The zero-order valence-corrected chi connectivity index (χ0v) is 14.8. The highest BCUT2D eigenvalue weighted by Crippen LogP contribution is 2.14. The van der Waals surface area contributed by atoms with E-state index in [9.17, 15) is 18.0 Å². The second kappa shape index (κ2) is 7.59. The third-order valence-electron chi connectivity index (χ3n) is 3.08. The molecule has 1 aromatic heterocycles. The van der Waals surface area contributed by atoms with E-state index in [2.05, 4.69) is 4.72 Å². The molecule has 24 heavy (non-hydrogen) atoms. The van der Waals surface area contributed by atoms with E-state index in [1.54, 1.807) is 0 Å². The van der Waals surface area contributed by atoms with Crippen molar-refractivity contribution in [3.8, 4) is 0 Å². The van der Waals surface area contributed by atoms with Crippen molar-refractivity contribution in [2.45, 2.75) is 19.4 Å². The van der Waals surface area contributed by atoms with Crippen LogP contribution in [0.25, 0.3) is 0 Å². The van der Waals surface area contributed by atoms with Gasteiger partial charge in [-0.05, 0) is 53.6 Å². The van der Waals surface area contributed by atoms with Gasteiger partial charge in [-0.1, -0.05) is 0 Å². The summed E-state index contributed by atoms with van der Waals surface area (Å²) in [6.45, 7) is 1.51. The van der Waals surface area contributed by atoms with Crippen LogP contribution in [0, 0.1) is 0 Å². The maximum atomic E-state index is 12.3. The monoisotopic (exact) mass is 367 g/mol. The maximum absolute atomic E-state index is 12.3. The minimum Gasteiger partial charge on any atom is -0.454 e. The molecule has 1 heterocycles. The van der Waals surface area contributed by atoms with Crippen LogP contribution < -0.4 is 4.72 Å². The van der Waals surface area contributed by atoms with Crippen LogP contribution in [0.2, 0.25) is 0 Å². The largest absolute Gasteiger partial charge is 0.454 e. The molecule has 0 aliphatic rings. The molecule has 1 atom stereocenters. The van der Waals surface area contributed by atoms with Crippen LogP contribution >= 0.6 is 11.3 Å². The van der Waals surface area contributed by atoms with Gasteiger partial charge in [0.1, 0.15) is 0 Å². The number of thiophene rings is 1. The molecule has 2 rings (SSSR count). The molecule has 0 radical (unpaired) electrons. The molecular formula is C16H17NO5S2. The van der Waals surface area contributed by atoms with E-state index in [4.69, 9.17) is 4.74 Å². The Morgan fingerprint density at radius 1 is 1.21 bits per heavy atom. The molecule has 0 bridgehead atoms. The van der Waals surface area contributed by atoms with Gasteiger partial charge in [0.25, 0.3) is 0 Å². The molecule has 2 aromatic rings. The molecule has 0 amide bonds. The number of carbonyl (C=O) groups excluding carboxylic acids is 2. The molecule has 0 aliphatic carbocycles. The lowest BCUT2D eigenvalue weighted by atomic mass is 10.1. The van der Waals surface area contributed by atoms with Crippen molar-refractivity contribution in [2.75, 3.05) is 11.0 Å². The van der Waals surface area contributed by atoms with Crippen molar-refractivity contribution in [2.24, 2.45) is 0 Å². The lowest BCUT2D eigenvalue weighted by molar-refractivity contribution is -0.145. The predicted octanol–water partition coefficient (Wildman–Crippen LogP) is 2.48. The van der Waals surface area contributed by atoms with Gasteiger partial charge in [-0.15, -0.1) is 0 Å². The van der Waals surface area contributed by atoms with Gasteiger partial charge in [0.15, 0.2) is 6.10 Å². The highest BCUT2D eigenvalue weighted by atomic mass is 32.2. The van der Waals surface area contributed by atoms with Gasteiger partial charge < -0.3 is 4.74 Å². The van der Waals surface area contributed by atoms with E-state index in [1.807, 2.05) is 16.8 Å². The van der Waals surface area contributed by atoms with E-state index in [-0.39, 0.29) is 12.2 Å². The zero-order valence-electron chi connectivity index (χ0n) is 13.2. The number of Topliss-reactive ketones (excluding diaryl/α,β-unsaturated/α-hetero) is 1. The molecule has 1 N–H and O–H groups in total. The first-order chi connectivity index (χ1) is 11.2. The molecule has 0 saturated heterocycles. The standard InChI is InChI=1S/C16H17NO5S2/c1-11(22-15(18)9-12-7-8-23-10-12)16(19)13-3-5-14(6-4-13)17-24(2,20)21/h3-8,10-11,17H,9H2,1-2H3/t11-/m1/s1. The maximum Gasteiger partial charge on any atom is 0.311 e. The van der Waals surface area contributed by atoms with Crippen molar-refractivity contribution in [1.82, 2.24) is 0 Å². The molecule has 0 saturated carbocycles. The quantitative estimate of drug-likeness (QED) is 0.600. The Kier molecular flexibility index (Phi) is 5.74. The number of ketones is 1. The number of rotatable bonds is 7. The topological polar surface area (TPSA) is 89.5 Å². The Balaban J connectivity index is 1.96. The smallest absolute Gasteiger partial charge is 0.311 e. The molecular weight excluding hydrogens is 350 g/mol. The summed E-state index contributed by atoms with van der Waals surface area (Å²) in [5.74, 6) is -0.816. The van der Waals surface area contributed by atoms with Crippen LogP contribution in [-0.2, 0) is 26.0 Å². The number of ether oxygens (including phenoxy) is 1. The number of sulfonamides is 1. The molecule has 128 valence electrons. The minimum atomic E-state index is -3.37. The Bertz CT molecular complexity index is 811. The highest BCUT2D eigenvalue weighted by Gasteiger charge is 2.19. The summed E-state index contributed by atoms with van der Waals surface area (Å²) in [5, 5.41) is 3.71. The van der Waals surface area contributed by atoms with Crippen LogP contribution in [0.4, 0.5) is 5.69 Å². The van der Waals surface area contributed by atoms with Crippen molar-refractivity contribution >= 4 is 38.8 Å². The number of benzene rings is 1. The summed E-state index contributed by atoms with van der Waals surface area (Å²) in [6, 6.07) is 7.76. The molecule has 6 nitrogen and oxygen atoms in total. The minimum absolute atomic E-state index is 0.123. The summed E-state index contributed by atoms with van der Waals surface area (Å²) < 4.78 is 29.8. The molecule has 8 heteroatoms. The van der Waals surface area contributed by atoms with Crippen LogP contribution in [0.1, 0.15) is 22.8 Å². The Hall–Kier alpha value is -2.19. The van der Waals surface area contributed by atoms with Gasteiger partial charge in [-0.25, -0.2) is 8.42 Å². The fourth-order valence-electron chi connectivity index (χ4n) is 2.00. The summed E-state index contributed by atoms with van der Waals surface area (Å²) in [7, 11) is -3.37. The number of hydrogen-bond donors (Lipinski definition) is 1. The summed E-state index contributed by atoms with van der Waals surface area (Å²) in [4.78, 5) is 24.1. The van der Waals surface area contributed by atoms with E-state index in [0.717, 1.165) is 11.8 Å². The Morgan fingerprint density at radius 2 is 1.88 bits per heavy atom. The number of nitrogens with one attached hydrogen (secondary N) is 1. The zero-order chi connectivity index (χ0) is 17.7. The first-order valence-corrected chi connectivity index (χ1v) is 9.90.